The van der Waals surface area contributed by atoms with Crippen LogP contribution in [0.15, 0.2) is 114 Å². The average Bonchev–Trinajstić information content (AvgIpc) is 3.00. The topological polar surface area (TPSA) is 145 Å². The summed E-state index contributed by atoms with van der Waals surface area (Å²) in [5.41, 5.74) is 1.48. The Kier molecular flexibility index (Phi) is 8.02. The number of nitrogens with zero attached hydrogens (tertiary/aromatic N) is 3. The third-order valence-electron chi connectivity index (χ3n) is 6.28. The number of fused-ring (bicyclic) bond motifs is 1. The van der Waals surface area contributed by atoms with Crippen molar-refractivity contribution >= 4 is 38.4 Å². The molecule has 10 nitrogen and oxygen atoms in total. The Morgan fingerprint density at radius 1 is 0.857 bits per heavy atom. The van der Waals surface area contributed by atoms with E-state index in [2.05, 4.69) is 15.1 Å². The third kappa shape index (κ3) is 6.16. The maximum Gasteiger partial charge on any atom is 0.358 e. The highest BCUT2D eigenvalue weighted by atomic mass is 32.2. The molecule has 5 aromatic rings. The lowest BCUT2D eigenvalue weighted by molar-refractivity contribution is 0.0696. The van der Waals surface area contributed by atoms with E-state index in [0.29, 0.717) is 22.2 Å². The van der Waals surface area contributed by atoms with Gasteiger partial charge in [0, 0.05) is 28.9 Å². The van der Waals surface area contributed by atoms with Gasteiger partial charge in [-0.05, 0) is 42.6 Å². The van der Waals surface area contributed by atoms with Crippen molar-refractivity contribution in [2.24, 2.45) is 5.16 Å². The number of Topliss-reactive ketones (excluding diaryl/α,β-unsaturated/α-hetero) is 1. The van der Waals surface area contributed by atoms with Crippen LogP contribution >= 0.6 is 0 Å². The summed E-state index contributed by atoms with van der Waals surface area (Å²) in [5.74, 6) is -1.31. The summed E-state index contributed by atoms with van der Waals surface area (Å²) in [4.78, 5) is 33.5. The predicted octanol–water partition coefficient (Wildman–Crippen LogP) is 5.21. The molecule has 0 aliphatic heterocycles. The molecule has 0 aliphatic rings. The molecule has 0 saturated carbocycles. The smallest absolute Gasteiger partial charge is 0.358 e. The fourth-order valence-corrected chi connectivity index (χ4v) is 4.85. The van der Waals surface area contributed by atoms with Gasteiger partial charge in [-0.25, -0.2) is 4.79 Å². The minimum Gasteiger partial charge on any atom is -0.487 e. The lowest BCUT2D eigenvalue weighted by atomic mass is 9.95. The Balaban J connectivity index is 1.54. The van der Waals surface area contributed by atoms with Crippen LogP contribution in [0, 0.1) is 6.92 Å². The van der Waals surface area contributed by atoms with Gasteiger partial charge in [0.15, 0.2) is 5.71 Å². The maximum absolute atomic E-state index is 14.0. The summed E-state index contributed by atoms with van der Waals surface area (Å²) in [6, 6.07) is 21.5. The molecule has 1 heterocycles. The normalized spacial score (nSPS) is 11.7. The average molecular weight is 582 g/mol. The highest BCUT2D eigenvalue weighted by Gasteiger charge is 2.23. The van der Waals surface area contributed by atoms with Crippen molar-refractivity contribution in [1.82, 2.24) is 9.97 Å². The minimum absolute atomic E-state index is 0.0196. The number of carboxylic acids is 1. The number of ketones is 1. The van der Waals surface area contributed by atoms with Crippen LogP contribution in [0.25, 0.3) is 10.8 Å². The number of benzene rings is 4. The molecule has 0 spiro atoms. The van der Waals surface area contributed by atoms with Crippen molar-refractivity contribution in [2.45, 2.75) is 18.4 Å². The summed E-state index contributed by atoms with van der Waals surface area (Å²) < 4.78 is 36.7. The number of hydrogen-bond acceptors (Lipinski definition) is 9. The molecule has 0 bridgehead atoms. The zero-order valence-corrected chi connectivity index (χ0v) is 23.0. The van der Waals surface area contributed by atoms with Crippen LogP contribution in [-0.4, -0.2) is 41.0 Å². The van der Waals surface area contributed by atoms with Gasteiger partial charge in [0.25, 0.3) is 0 Å². The second kappa shape index (κ2) is 12.0. The number of aromatic carboxylic acids is 1. The van der Waals surface area contributed by atoms with Crippen LogP contribution in [-0.2, 0) is 21.0 Å². The van der Waals surface area contributed by atoms with Crippen LogP contribution in [0.5, 0.6) is 5.75 Å². The van der Waals surface area contributed by atoms with Gasteiger partial charge in [-0.15, -0.1) is 0 Å². The van der Waals surface area contributed by atoms with Gasteiger partial charge in [0.2, 0.25) is 5.78 Å². The van der Waals surface area contributed by atoms with E-state index in [-0.39, 0.29) is 33.9 Å². The van der Waals surface area contributed by atoms with Gasteiger partial charge >= 0.3 is 16.1 Å². The zero-order valence-electron chi connectivity index (χ0n) is 22.2. The van der Waals surface area contributed by atoms with E-state index in [1.165, 1.54) is 36.4 Å². The number of aryl methyl sites for hydroxylation is 1. The van der Waals surface area contributed by atoms with Gasteiger partial charge in [-0.1, -0.05) is 65.3 Å². The number of carbonyl (C=O) groups is 2. The zero-order chi connectivity index (χ0) is 29.7. The predicted molar refractivity (Wildman–Crippen MR) is 154 cm³/mol. The summed E-state index contributed by atoms with van der Waals surface area (Å²) in [6.45, 7) is 1.96. The van der Waals surface area contributed by atoms with E-state index in [9.17, 15) is 23.1 Å². The van der Waals surface area contributed by atoms with E-state index in [1.807, 2.05) is 6.92 Å². The number of carbonyl (C=O) groups excluding carboxylic acids is 1. The van der Waals surface area contributed by atoms with E-state index in [4.69, 9.17) is 9.02 Å². The second-order valence-corrected chi connectivity index (χ2v) is 10.7. The quantitative estimate of drug-likeness (QED) is 0.133. The summed E-state index contributed by atoms with van der Waals surface area (Å²) in [6.07, 6.45) is 4.70. The fourth-order valence-electron chi connectivity index (χ4n) is 4.12. The fraction of sp³-hybridized carbons (Fsp3) is 0.0645. The lowest BCUT2D eigenvalue weighted by Gasteiger charge is -2.12. The van der Waals surface area contributed by atoms with Gasteiger partial charge in [0.05, 0.1) is 17.5 Å². The van der Waals surface area contributed by atoms with Crippen molar-refractivity contribution in [3.63, 3.8) is 0 Å². The van der Waals surface area contributed by atoms with Crippen LogP contribution < -0.4 is 4.74 Å². The number of aromatic nitrogens is 2. The molecule has 0 amide bonds. The standard InChI is InChI=1S/C31H23N3O7S/c1-20-8-14-24(15-9-20)42(38,39)41-34-29(21-10-12-22(13-11-21)31(36)37)30(35)27-6-2-5-26-25(27)4-3-7-28(26)40-19-23-18-32-16-17-33-23/h2-18H,19H2,1H3,(H,36,37)/b34-29+. The summed E-state index contributed by atoms with van der Waals surface area (Å²) >= 11 is 0. The van der Waals surface area contributed by atoms with Crippen molar-refractivity contribution in [3.05, 3.63) is 131 Å². The van der Waals surface area contributed by atoms with E-state index in [1.54, 1.807) is 67.1 Å². The molecule has 42 heavy (non-hydrogen) atoms. The first kappa shape index (κ1) is 28.1. The molecule has 1 aromatic heterocycles. The number of carboxylic acid groups (broad SMARTS) is 1. The van der Waals surface area contributed by atoms with E-state index < -0.39 is 21.9 Å². The molecular weight excluding hydrogens is 558 g/mol. The van der Waals surface area contributed by atoms with Crippen LogP contribution in [0.3, 0.4) is 0 Å². The maximum atomic E-state index is 14.0. The van der Waals surface area contributed by atoms with Crippen LogP contribution in [0.1, 0.15) is 37.5 Å². The molecule has 4 aromatic carbocycles. The molecule has 0 atom stereocenters. The SMILES string of the molecule is Cc1ccc(S(=O)(=O)O/N=C(/C(=O)c2cccc3c(OCc4cnccn4)cccc23)c2ccc(C(=O)O)cc2)cc1. The molecule has 0 unspecified atom stereocenters. The molecule has 5 rings (SSSR count). The second-order valence-electron chi connectivity index (χ2n) is 9.14. The highest BCUT2D eigenvalue weighted by Crippen LogP contribution is 2.30. The van der Waals surface area contributed by atoms with Crippen molar-refractivity contribution in [2.75, 3.05) is 0 Å². The Morgan fingerprint density at radius 2 is 1.55 bits per heavy atom. The molecular formula is C31H23N3O7S. The number of oxime groups is 1. The van der Waals surface area contributed by atoms with E-state index in [0.717, 1.165) is 5.56 Å². The van der Waals surface area contributed by atoms with Crippen LogP contribution in [0.2, 0.25) is 0 Å². The van der Waals surface area contributed by atoms with Gasteiger partial charge in [0.1, 0.15) is 17.3 Å². The number of ether oxygens (including phenoxy) is 1. The molecule has 11 heteroatoms. The van der Waals surface area contributed by atoms with Crippen molar-refractivity contribution in [1.29, 1.82) is 0 Å². The van der Waals surface area contributed by atoms with E-state index >= 15 is 0 Å². The Morgan fingerprint density at radius 3 is 2.24 bits per heavy atom. The first-order valence-corrected chi connectivity index (χ1v) is 14.0. The molecule has 0 fully saturated rings. The van der Waals surface area contributed by atoms with Gasteiger partial charge < -0.3 is 9.84 Å². The third-order valence-corrected chi connectivity index (χ3v) is 7.40. The number of hydrogen-bond donors (Lipinski definition) is 1. The Bertz CT molecular complexity index is 1910. The van der Waals surface area contributed by atoms with Gasteiger partial charge in [-0.2, -0.15) is 8.42 Å². The van der Waals surface area contributed by atoms with Crippen molar-refractivity contribution in [3.8, 4) is 5.75 Å². The summed E-state index contributed by atoms with van der Waals surface area (Å²) in [7, 11) is -4.37. The molecule has 0 saturated heterocycles. The minimum atomic E-state index is -4.37. The molecule has 0 aliphatic carbocycles. The first-order valence-electron chi connectivity index (χ1n) is 12.6. The van der Waals surface area contributed by atoms with Gasteiger partial charge in [-0.3, -0.25) is 19.0 Å². The lowest BCUT2D eigenvalue weighted by Crippen LogP contribution is -2.18. The largest absolute Gasteiger partial charge is 0.487 e. The first-order chi connectivity index (χ1) is 20.2. The number of rotatable bonds is 10. The summed E-state index contributed by atoms with van der Waals surface area (Å²) in [5, 5.41) is 14.3. The molecule has 1 N–H and O–H groups in total. The molecule has 0 radical (unpaired) electrons. The highest BCUT2D eigenvalue weighted by molar-refractivity contribution is 7.86. The Labute approximate surface area is 241 Å². The Hall–Kier alpha value is -5.42. The van der Waals surface area contributed by atoms with Crippen molar-refractivity contribution < 1.29 is 32.1 Å². The monoisotopic (exact) mass is 581 g/mol. The molecule has 210 valence electrons. The van der Waals surface area contributed by atoms with Crippen LogP contribution in [0.4, 0.5) is 0 Å².